The van der Waals surface area contributed by atoms with E-state index in [4.69, 9.17) is 19.7 Å². The highest BCUT2D eigenvalue weighted by molar-refractivity contribution is 5.74. The Bertz CT molecular complexity index is 235. The Morgan fingerprint density at radius 3 is 1.50 bits per heavy atom. The Balaban J connectivity index is 3.87. The molecule has 0 heterocycles. The van der Waals surface area contributed by atoms with Crippen molar-refractivity contribution in [3.8, 4) is 0 Å². The fourth-order valence-corrected chi connectivity index (χ4v) is 1.26. The molecule has 0 saturated heterocycles. The van der Waals surface area contributed by atoms with Gasteiger partial charge in [-0.25, -0.2) is 0 Å². The van der Waals surface area contributed by atoms with Crippen molar-refractivity contribution in [2.24, 2.45) is 0 Å². The van der Waals surface area contributed by atoms with E-state index in [1.165, 1.54) is 14.2 Å². The van der Waals surface area contributed by atoms with Crippen molar-refractivity contribution in [2.45, 2.75) is 12.1 Å². The number of nitrogens with one attached hydrogen (secondary N) is 2. The number of hydrogen-bond acceptors (Lipinski definition) is 6. The number of carboxylic acids is 2. The molecule has 0 aromatic heterocycles. The number of methoxy groups -OCH3 is 2. The number of hydrogen-bond donors (Lipinski definition) is 4. The molecule has 18 heavy (non-hydrogen) atoms. The van der Waals surface area contributed by atoms with Crippen molar-refractivity contribution in [3.63, 3.8) is 0 Å². The zero-order valence-electron chi connectivity index (χ0n) is 10.5. The summed E-state index contributed by atoms with van der Waals surface area (Å²) in [5, 5.41) is 23.1. The van der Waals surface area contributed by atoms with Crippen molar-refractivity contribution >= 4 is 11.9 Å². The molecule has 0 bridgehead atoms. The van der Waals surface area contributed by atoms with Crippen LogP contribution in [0.2, 0.25) is 0 Å². The van der Waals surface area contributed by atoms with Crippen LogP contribution >= 0.6 is 0 Å². The third kappa shape index (κ3) is 7.17. The molecular weight excluding hydrogens is 244 g/mol. The molecule has 0 saturated carbocycles. The topological polar surface area (TPSA) is 117 Å². The number of carboxylic acid groups (broad SMARTS) is 2. The lowest BCUT2D eigenvalue weighted by Crippen LogP contribution is -2.47. The van der Waals surface area contributed by atoms with Gasteiger partial charge < -0.3 is 30.3 Å². The van der Waals surface area contributed by atoms with E-state index in [0.29, 0.717) is 13.1 Å². The number of rotatable bonds is 11. The molecule has 0 fully saturated rings. The maximum Gasteiger partial charge on any atom is 0.323 e. The predicted octanol–water partition coefficient (Wildman–Crippen LogP) is -1.64. The van der Waals surface area contributed by atoms with Crippen LogP contribution in [0.25, 0.3) is 0 Å². The number of ether oxygens (including phenoxy) is 2. The lowest BCUT2D eigenvalue weighted by molar-refractivity contribution is -0.142. The second kappa shape index (κ2) is 9.77. The Morgan fingerprint density at radius 2 is 1.28 bits per heavy atom. The van der Waals surface area contributed by atoms with Gasteiger partial charge in [-0.3, -0.25) is 9.59 Å². The zero-order chi connectivity index (χ0) is 14.0. The summed E-state index contributed by atoms with van der Waals surface area (Å²) in [4.78, 5) is 21.5. The first-order chi connectivity index (χ1) is 8.52. The van der Waals surface area contributed by atoms with Crippen molar-refractivity contribution in [2.75, 3.05) is 40.5 Å². The molecule has 8 nitrogen and oxygen atoms in total. The van der Waals surface area contributed by atoms with Crippen LogP contribution in [0, 0.1) is 0 Å². The molecule has 4 N–H and O–H groups in total. The molecule has 0 spiro atoms. The van der Waals surface area contributed by atoms with E-state index in [-0.39, 0.29) is 13.2 Å². The Morgan fingerprint density at radius 1 is 0.944 bits per heavy atom. The standard InChI is InChI=1S/C10H20N2O6/c1-17-5-7(9(13)14)11-3-4-12-8(6-18-2)10(15)16/h7-8,11-12H,3-6H2,1-2H3,(H,13,14)(H,15,16). The monoisotopic (exact) mass is 264 g/mol. The molecule has 0 aliphatic rings. The average Bonchev–Trinajstić information content (AvgIpc) is 2.30. The fourth-order valence-electron chi connectivity index (χ4n) is 1.26. The Hall–Kier alpha value is -1.22. The van der Waals surface area contributed by atoms with E-state index in [0.717, 1.165) is 0 Å². The first kappa shape index (κ1) is 16.8. The predicted molar refractivity (Wildman–Crippen MR) is 62.6 cm³/mol. The minimum atomic E-state index is -1.01. The van der Waals surface area contributed by atoms with Crippen LogP contribution in [0.5, 0.6) is 0 Å². The quantitative estimate of drug-likeness (QED) is 0.328. The van der Waals surface area contributed by atoms with Crippen LogP contribution in [0.15, 0.2) is 0 Å². The molecular formula is C10H20N2O6. The molecule has 0 aliphatic heterocycles. The third-order valence-corrected chi connectivity index (χ3v) is 2.17. The van der Waals surface area contributed by atoms with E-state index in [9.17, 15) is 9.59 Å². The molecule has 8 heteroatoms. The highest BCUT2D eigenvalue weighted by Gasteiger charge is 2.18. The van der Waals surface area contributed by atoms with Crippen LogP contribution in [0.3, 0.4) is 0 Å². The highest BCUT2D eigenvalue weighted by Crippen LogP contribution is 1.87. The fraction of sp³-hybridized carbons (Fsp3) is 0.800. The van der Waals surface area contributed by atoms with Gasteiger partial charge in [-0.15, -0.1) is 0 Å². The summed E-state index contributed by atoms with van der Waals surface area (Å²) in [5.41, 5.74) is 0. The molecule has 0 amide bonds. The van der Waals surface area contributed by atoms with Gasteiger partial charge in [0.2, 0.25) is 0 Å². The van der Waals surface area contributed by atoms with Crippen LogP contribution in [0.4, 0.5) is 0 Å². The molecule has 0 rings (SSSR count). The summed E-state index contributed by atoms with van der Waals surface area (Å²) in [6.07, 6.45) is 0. The number of aliphatic carboxylic acids is 2. The minimum Gasteiger partial charge on any atom is -0.480 e. The second-order valence-corrected chi connectivity index (χ2v) is 3.60. The number of carbonyl (C=O) groups is 2. The van der Waals surface area contributed by atoms with E-state index < -0.39 is 24.0 Å². The van der Waals surface area contributed by atoms with Gasteiger partial charge in [0.15, 0.2) is 0 Å². The SMILES string of the molecule is COCC(NCCNC(COC)C(=O)O)C(=O)O. The van der Waals surface area contributed by atoms with E-state index in [1.807, 2.05) is 0 Å². The maximum atomic E-state index is 10.8. The molecule has 0 aliphatic carbocycles. The molecule has 106 valence electrons. The van der Waals surface area contributed by atoms with Gasteiger partial charge in [0.1, 0.15) is 12.1 Å². The van der Waals surface area contributed by atoms with Gasteiger partial charge in [0, 0.05) is 27.3 Å². The zero-order valence-corrected chi connectivity index (χ0v) is 10.5. The lowest BCUT2D eigenvalue weighted by Gasteiger charge is -2.16. The van der Waals surface area contributed by atoms with E-state index in [1.54, 1.807) is 0 Å². The van der Waals surface area contributed by atoms with Gasteiger partial charge in [0.05, 0.1) is 13.2 Å². The summed E-state index contributed by atoms with van der Waals surface area (Å²) in [5.74, 6) is -2.02. The summed E-state index contributed by atoms with van der Waals surface area (Å²) in [6.45, 7) is 0.729. The first-order valence-electron chi connectivity index (χ1n) is 5.43. The van der Waals surface area contributed by atoms with Crippen LogP contribution < -0.4 is 10.6 Å². The maximum absolute atomic E-state index is 10.8. The largest absolute Gasteiger partial charge is 0.480 e. The Labute approximate surface area is 105 Å². The molecule has 2 unspecified atom stereocenters. The van der Waals surface area contributed by atoms with Crippen molar-refractivity contribution in [1.29, 1.82) is 0 Å². The summed E-state index contributed by atoms with van der Waals surface area (Å²) < 4.78 is 9.48. The minimum absolute atomic E-state index is 0.0514. The van der Waals surface area contributed by atoms with Crippen LogP contribution in [0.1, 0.15) is 0 Å². The van der Waals surface area contributed by atoms with Gasteiger partial charge in [-0.2, -0.15) is 0 Å². The van der Waals surface area contributed by atoms with Crippen LogP contribution in [-0.4, -0.2) is 74.8 Å². The van der Waals surface area contributed by atoms with Crippen LogP contribution in [-0.2, 0) is 19.1 Å². The van der Waals surface area contributed by atoms with Crippen molar-refractivity contribution < 1.29 is 29.3 Å². The van der Waals surface area contributed by atoms with E-state index >= 15 is 0 Å². The molecule has 2 atom stereocenters. The van der Waals surface area contributed by atoms with Gasteiger partial charge in [-0.05, 0) is 0 Å². The van der Waals surface area contributed by atoms with E-state index in [2.05, 4.69) is 10.6 Å². The van der Waals surface area contributed by atoms with Crippen molar-refractivity contribution in [3.05, 3.63) is 0 Å². The highest BCUT2D eigenvalue weighted by atomic mass is 16.5. The van der Waals surface area contributed by atoms with Gasteiger partial charge in [-0.1, -0.05) is 0 Å². The van der Waals surface area contributed by atoms with Crippen molar-refractivity contribution in [1.82, 2.24) is 10.6 Å². The summed E-state index contributed by atoms with van der Waals surface area (Å²) in [6, 6.07) is -1.61. The lowest BCUT2D eigenvalue weighted by atomic mass is 10.3. The Kier molecular flexibility index (Phi) is 9.11. The van der Waals surface area contributed by atoms with Gasteiger partial charge >= 0.3 is 11.9 Å². The summed E-state index contributed by atoms with van der Waals surface area (Å²) in [7, 11) is 2.82. The van der Waals surface area contributed by atoms with Gasteiger partial charge in [0.25, 0.3) is 0 Å². The molecule has 0 radical (unpaired) electrons. The molecule has 0 aromatic carbocycles. The average molecular weight is 264 g/mol. The third-order valence-electron chi connectivity index (χ3n) is 2.17. The molecule has 0 aromatic rings. The smallest absolute Gasteiger partial charge is 0.323 e. The normalized spacial score (nSPS) is 14.1. The second-order valence-electron chi connectivity index (χ2n) is 3.60. The first-order valence-corrected chi connectivity index (χ1v) is 5.43. The summed E-state index contributed by atoms with van der Waals surface area (Å²) >= 11 is 0.